The van der Waals surface area contributed by atoms with Crippen LogP contribution in [0, 0.1) is 5.82 Å². The van der Waals surface area contributed by atoms with Crippen molar-refractivity contribution in [1.82, 2.24) is 0 Å². The second-order valence-corrected chi connectivity index (χ2v) is 5.16. The third-order valence-electron chi connectivity index (χ3n) is 3.59. The van der Waals surface area contributed by atoms with E-state index in [2.05, 4.69) is 11.9 Å². The highest BCUT2D eigenvalue weighted by Crippen LogP contribution is 2.34. The molecule has 0 bridgehead atoms. The van der Waals surface area contributed by atoms with E-state index in [0.29, 0.717) is 29.2 Å². The Bertz CT molecular complexity index is 789. The molecule has 2 rings (SSSR count). The minimum Gasteiger partial charge on any atom is -0.494 e. The number of benzene rings is 2. The van der Waals surface area contributed by atoms with Crippen molar-refractivity contribution >= 4 is 11.6 Å². The van der Waals surface area contributed by atoms with Crippen LogP contribution in [0.2, 0.25) is 0 Å². The van der Waals surface area contributed by atoms with Crippen molar-refractivity contribution in [2.24, 2.45) is 0 Å². The number of rotatable bonds is 7. The van der Waals surface area contributed by atoms with Crippen LogP contribution in [0.15, 0.2) is 43.0 Å². The van der Waals surface area contributed by atoms with Crippen LogP contribution in [0.1, 0.15) is 15.9 Å². The zero-order chi connectivity index (χ0) is 18.4. The first-order valence-electron chi connectivity index (χ1n) is 7.54. The molecule has 0 unspecified atom stereocenters. The van der Waals surface area contributed by atoms with Crippen LogP contribution < -0.4 is 19.5 Å². The molecule has 0 spiro atoms. The van der Waals surface area contributed by atoms with Crippen molar-refractivity contribution in [3.8, 4) is 17.2 Å². The standard InChI is InChI=1S/C19H20FNO4/c1-5-6-12-9-13(10-17(24-3)18(12)25-4)19(22)21-15-8-7-14(20)11-16(15)23-2/h5,7-11H,1,6H2,2-4H3,(H,21,22). The Balaban J connectivity index is 2.39. The molecule has 0 aliphatic rings. The lowest BCUT2D eigenvalue weighted by molar-refractivity contribution is 0.102. The van der Waals surface area contributed by atoms with Crippen molar-refractivity contribution in [2.45, 2.75) is 6.42 Å². The molecule has 1 amide bonds. The Morgan fingerprint density at radius 1 is 1.12 bits per heavy atom. The van der Waals surface area contributed by atoms with Crippen LogP contribution in [0.5, 0.6) is 17.2 Å². The van der Waals surface area contributed by atoms with Gasteiger partial charge in [-0.25, -0.2) is 4.39 Å². The monoisotopic (exact) mass is 345 g/mol. The number of ether oxygens (including phenoxy) is 3. The first-order valence-corrected chi connectivity index (χ1v) is 7.54. The van der Waals surface area contributed by atoms with Crippen molar-refractivity contribution in [1.29, 1.82) is 0 Å². The van der Waals surface area contributed by atoms with Gasteiger partial charge in [0.2, 0.25) is 0 Å². The number of hydrogen-bond donors (Lipinski definition) is 1. The SMILES string of the molecule is C=CCc1cc(C(=O)Nc2ccc(F)cc2OC)cc(OC)c1OC. The molecule has 0 aromatic heterocycles. The number of amides is 1. The molecule has 5 nitrogen and oxygen atoms in total. The minimum atomic E-state index is -0.450. The maximum Gasteiger partial charge on any atom is 0.255 e. The van der Waals surface area contributed by atoms with E-state index in [1.807, 2.05) is 0 Å². The van der Waals surface area contributed by atoms with Crippen LogP contribution in [0.4, 0.5) is 10.1 Å². The number of carbonyl (C=O) groups excluding carboxylic acids is 1. The molecule has 0 saturated carbocycles. The molecule has 0 atom stereocenters. The molecule has 2 aromatic rings. The molecule has 0 aliphatic carbocycles. The Labute approximate surface area is 146 Å². The number of anilines is 1. The number of allylic oxidation sites excluding steroid dienone is 1. The lowest BCUT2D eigenvalue weighted by Crippen LogP contribution is -2.14. The molecule has 0 fully saturated rings. The third kappa shape index (κ3) is 4.09. The highest BCUT2D eigenvalue weighted by Gasteiger charge is 2.17. The summed E-state index contributed by atoms with van der Waals surface area (Å²) in [5, 5.41) is 2.71. The van der Waals surface area contributed by atoms with Crippen LogP contribution in [0.25, 0.3) is 0 Å². The third-order valence-corrected chi connectivity index (χ3v) is 3.59. The first-order chi connectivity index (χ1) is 12.0. The fraction of sp³-hybridized carbons (Fsp3) is 0.211. The lowest BCUT2D eigenvalue weighted by Gasteiger charge is -2.15. The van der Waals surface area contributed by atoms with Gasteiger partial charge in [-0.15, -0.1) is 6.58 Å². The topological polar surface area (TPSA) is 56.8 Å². The van der Waals surface area contributed by atoms with E-state index in [4.69, 9.17) is 14.2 Å². The molecule has 132 valence electrons. The van der Waals surface area contributed by atoms with Crippen LogP contribution in [-0.2, 0) is 6.42 Å². The molecule has 25 heavy (non-hydrogen) atoms. The summed E-state index contributed by atoms with van der Waals surface area (Å²) in [6.07, 6.45) is 2.22. The van der Waals surface area contributed by atoms with Gasteiger partial charge in [-0.05, 0) is 30.7 Å². The summed E-state index contributed by atoms with van der Waals surface area (Å²) >= 11 is 0. The van der Waals surface area contributed by atoms with Gasteiger partial charge in [0.15, 0.2) is 11.5 Å². The first kappa shape index (κ1) is 18.3. The average Bonchev–Trinajstić information content (AvgIpc) is 2.62. The van der Waals surface area contributed by atoms with Gasteiger partial charge >= 0.3 is 0 Å². The van der Waals surface area contributed by atoms with Crippen molar-refractivity contribution in [3.05, 3.63) is 59.9 Å². The van der Waals surface area contributed by atoms with Gasteiger partial charge in [-0.2, -0.15) is 0 Å². The Morgan fingerprint density at radius 3 is 2.44 bits per heavy atom. The normalized spacial score (nSPS) is 10.1. The largest absolute Gasteiger partial charge is 0.494 e. The molecule has 2 aromatic carbocycles. The van der Waals surface area contributed by atoms with Gasteiger partial charge in [-0.1, -0.05) is 6.08 Å². The number of hydrogen-bond acceptors (Lipinski definition) is 4. The van der Waals surface area contributed by atoms with Gasteiger partial charge in [0.05, 0.1) is 27.0 Å². The highest BCUT2D eigenvalue weighted by molar-refractivity contribution is 6.05. The van der Waals surface area contributed by atoms with E-state index < -0.39 is 5.82 Å². The fourth-order valence-corrected chi connectivity index (χ4v) is 2.44. The molecule has 1 N–H and O–H groups in total. The van der Waals surface area contributed by atoms with Gasteiger partial charge in [0.1, 0.15) is 11.6 Å². The number of nitrogens with one attached hydrogen (secondary N) is 1. The molecular weight excluding hydrogens is 325 g/mol. The van der Waals surface area contributed by atoms with Crippen LogP contribution in [-0.4, -0.2) is 27.2 Å². The van der Waals surface area contributed by atoms with Crippen molar-refractivity contribution in [2.75, 3.05) is 26.6 Å². The average molecular weight is 345 g/mol. The summed E-state index contributed by atoms with van der Waals surface area (Å²) in [4.78, 5) is 12.6. The summed E-state index contributed by atoms with van der Waals surface area (Å²) in [6.45, 7) is 3.71. The van der Waals surface area contributed by atoms with E-state index in [9.17, 15) is 9.18 Å². The minimum absolute atomic E-state index is 0.236. The van der Waals surface area contributed by atoms with Gasteiger partial charge in [0, 0.05) is 17.2 Å². The van der Waals surface area contributed by atoms with Crippen LogP contribution in [0.3, 0.4) is 0 Å². The predicted molar refractivity (Wildman–Crippen MR) is 94.4 cm³/mol. The molecule has 6 heteroatoms. The summed E-state index contributed by atoms with van der Waals surface area (Å²) in [5.41, 5.74) is 1.52. The number of halogens is 1. The Kier molecular flexibility index (Phi) is 6.00. The van der Waals surface area contributed by atoms with Crippen LogP contribution >= 0.6 is 0 Å². The van der Waals surface area contributed by atoms with E-state index in [1.54, 1.807) is 18.2 Å². The fourth-order valence-electron chi connectivity index (χ4n) is 2.44. The number of carbonyl (C=O) groups is 1. The zero-order valence-corrected chi connectivity index (χ0v) is 14.4. The second kappa shape index (κ2) is 8.19. The summed E-state index contributed by atoms with van der Waals surface area (Å²) in [7, 11) is 4.44. The maximum atomic E-state index is 13.3. The smallest absolute Gasteiger partial charge is 0.255 e. The molecule has 0 radical (unpaired) electrons. The molecular formula is C19H20FNO4. The maximum absolute atomic E-state index is 13.3. The second-order valence-electron chi connectivity index (χ2n) is 5.16. The van der Waals surface area contributed by atoms with Gasteiger partial charge < -0.3 is 19.5 Å². The van der Waals surface area contributed by atoms with E-state index in [0.717, 1.165) is 5.56 Å². The Hall–Kier alpha value is -3.02. The predicted octanol–water partition coefficient (Wildman–Crippen LogP) is 3.83. The van der Waals surface area contributed by atoms with E-state index >= 15 is 0 Å². The quantitative estimate of drug-likeness (QED) is 0.775. The summed E-state index contributed by atoms with van der Waals surface area (Å²) < 4.78 is 29.0. The number of methoxy groups -OCH3 is 3. The van der Waals surface area contributed by atoms with Gasteiger partial charge in [-0.3, -0.25) is 4.79 Å². The molecule has 0 saturated heterocycles. The molecule has 0 aliphatic heterocycles. The highest BCUT2D eigenvalue weighted by atomic mass is 19.1. The van der Waals surface area contributed by atoms with E-state index in [1.165, 1.54) is 39.5 Å². The lowest BCUT2D eigenvalue weighted by atomic mass is 10.0. The Morgan fingerprint density at radius 2 is 1.84 bits per heavy atom. The summed E-state index contributed by atoms with van der Waals surface area (Å²) in [6, 6.07) is 7.17. The zero-order valence-electron chi connectivity index (χ0n) is 14.4. The van der Waals surface area contributed by atoms with Crippen molar-refractivity contribution in [3.63, 3.8) is 0 Å². The van der Waals surface area contributed by atoms with E-state index in [-0.39, 0.29) is 11.7 Å². The molecule has 0 heterocycles. The summed E-state index contributed by atoms with van der Waals surface area (Å²) in [5.74, 6) is 0.405. The van der Waals surface area contributed by atoms with Gasteiger partial charge in [0.25, 0.3) is 5.91 Å². The van der Waals surface area contributed by atoms with Crippen molar-refractivity contribution < 1.29 is 23.4 Å².